The molecule has 0 bridgehead atoms. The van der Waals surface area contributed by atoms with Gasteiger partial charge in [0, 0.05) is 13.1 Å². The molecule has 0 unspecified atom stereocenters. The van der Waals surface area contributed by atoms with Crippen molar-refractivity contribution in [1.82, 2.24) is 4.90 Å². The van der Waals surface area contributed by atoms with Gasteiger partial charge in [0.05, 0.1) is 11.5 Å². The standard InChI is InChI=1S/C14H18F2N2/c1-14(2,9-17)10-18(3)7-6-11-8-12(15)4-5-13(11)16/h4-5,8H,6-7,10H2,1-3H3. The third-order valence-electron chi connectivity index (χ3n) is 2.74. The predicted molar refractivity (Wildman–Crippen MR) is 67.0 cm³/mol. The van der Waals surface area contributed by atoms with Crippen molar-refractivity contribution in [2.75, 3.05) is 20.1 Å². The fourth-order valence-electron chi connectivity index (χ4n) is 1.84. The van der Waals surface area contributed by atoms with Gasteiger partial charge in [0.15, 0.2) is 0 Å². The van der Waals surface area contributed by atoms with Crippen LogP contribution in [0.25, 0.3) is 0 Å². The number of benzene rings is 1. The van der Waals surface area contributed by atoms with Crippen molar-refractivity contribution in [3.8, 4) is 6.07 Å². The van der Waals surface area contributed by atoms with Crippen LogP contribution in [0.2, 0.25) is 0 Å². The molecule has 1 aromatic carbocycles. The highest BCUT2D eigenvalue weighted by Crippen LogP contribution is 2.15. The lowest BCUT2D eigenvalue weighted by Crippen LogP contribution is -2.32. The highest BCUT2D eigenvalue weighted by atomic mass is 19.1. The van der Waals surface area contributed by atoms with Crippen LogP contribution in [-0.2, 0) is 6.42 Å². The maximum atomic E-state index is 13.4. The number of nitriles is 1. The molecule has 1 rings (SSSR count). The first-order chi connectivity index (χ1) is 8.34. The molecule has 98 valence electrons. The number of nitrogens with zero attached hydrogens (tertiary/aromatic N) is 2. The summed E-state index contributed by atoms with van der Waals surface area (Å²) in [5.74, 6) is -0.809. The van der Waals surface area contributed by atoms with E-state index in [1.807, 2.05) is 25.8 Å². The summed E-state index contributed by atoms with van der Waals surface area (Å²) in [5, 5.41) is 8.92. The summed E-state index contributed by atoms with van der Waals surface area (Å²) >= 11 is 0. The predicted octanol–water partition coefficient (Wildman–Crippen LogP) is 2.99. The van der Waals surface area contributed by atoms with Crippen molar-refractivity contribution in [3.63, 3.8) is 0 Å². The molecular formula is C14H18F2N2. The summed E-state index contributed by atoms with van der Waals surface area (Å²) in [7, 11) is 1.87. The Kier molecular flexibility index (Phi) is 4.80. The van der Waals surface area contributed by atoms with Crippen molar-refractivity contribution >= 4 is 0 Å². The minimum Gasteiger partial charge on any atom is -0.304 e. The Hall–Kier alpha value is -1.47. The van der Waals surface area contributed by atoms with Gasteiger partial charge in [-0.2, -0.15) is 5.26 Å². The topological polar surface area (TPSA) is 27.0 Å². The number of hydrogen-bond donors (Lipinski definition) is 0. The van der Waals surface area contributed by atoms with E-state index in [0.717, 1.165) is 12.1 Å². The van der Waals surface area contributed by atoms with E-state index in [0.29, 0.717) is 25.1 Å². The zero-order valence-corrected chi connectivity index (χ0v) is 11.0. The van der Waals surface area contributed by atoms with Gasteiger partial charge in [-0.3, -0.25) is 0 Å². The third kappa shape index (κ3) is 4.42. The summed E-state index contributed by atoms with van der Waals surface area (Å²) in [6.07, 6.45) is 0.432. The summed E-state index contributed by atoms with van der Waals surface area (Å²) in [4.78, 5) is 1.95. The van der Waals surface area contributed by atoms with E-state index in [9.17, 15) is 8.78 Å². The summed E-state index contributed by atoms with van der Waals surface area (Å²) < 4.78 is 26.4. The van der Waals surface area contributed by atoms with Gasteiger partial charge >= 0.3 is 0 Å². The Morgan fingerprint density at radius 2 is 2.00 bits per heavy atom. The second-order valence-electron chi connectivity index (χ2n) is 5.22. The molecule has 2 nitrogen and oxygen atoms in total. The van der Waals surface area contributed by atoms with Crippen molar-refractivity contribution in [2.24, 2.45) is 5.41 Å². The van der Waals surface area contributed by atoms with Gasteiger partial charge in [-0.25, -0.2) is 8.78 Å². The Labute approximate surface area is 107 Å². The lowest BCUT2D eigenvalue weighted by Gasteiger charge is -2.24. The second-order valence-corrected chi connectivity index (χ2v) is 5.22. The third-order valence-corrected chi connectivity index (χ3v) is 2.74. The van der Waals surface area contributed by atoms with Crippen LogP contribution in [0.1, 0.15) is 19.4 Å². The van der Waals surface area contributed by atoms with Gasteiger partial charge < -0.3 is 4.90 Å². The molecule has 0 aliphatic carbocycles. The van der Waals surface area contributed by atoms with Gasteiger partial charge in [-0.15, -0.1) is 0 Å². The van der Waals surface area contributed by atoms with Crippen LogP contribution in [0.5, 0.6) is 0 Å². The SMILES string of the molecule is CN(CCc1cc(F)ccc1F)CC(C)(C)C#N. The van der Waals surface area contributed by atoms with Gasteiger partial charge in [-0.05, 0) is 51.1 Å². The fraction of sp³-hybridized carbons (Fsp3) is 0.500. The maximum absolute atomic E-state index is 13.4. The quantitative estimate of drug-likeness (QED) is 0.805. The van der Waals surface area contributed by atoms with Crippen molar-refractivity contribution < 1.29 is 8.78 Å². The van der Waals surface area contributed by atoms with Crippen LogP contribution < -0.4 is 0 Å². The molecule has 0 saturated heterocycles. The highest BCUT2D eigenvalue weighted by molar-refractivity contribution is 5.19. The second kappa shape index (κ2) is 5.92. The van der Waals surface area contributed by atoms with E-state index < -0.39 is 11.2 Å². The minimum absolute atomic E-state index is 0.372. The Bertz CT molecular complexity index is 450. The van der Waals surface area contributed by atoms with E-state index in [-0.39, 0.29) is 5.82 Å². The molecule has 0 amide bonds. The van der Waals surface area contributed by atoms with Crippen LogP contribution in [0.3, 0.4) is 0 Å². The molecule has 0 aliphatic rings. The number of likely N-dealkylation sites (N-methyl/N-ethyl adjacent to an activating group) is 1. The molecule has 0 radical (unpaired) electrons. The van der Waals surface area contributed by atoms with Crippen molar-refractivity contribution in [3.05, 3.63) is 35.4 Å². The summed E-state index contributed by atoms with van der Waals surface area (Å²) in [6, 6.07) is 5.69. The smallest absolute Gasteiger partial charge is 0.126 e. The van der Waals surface area contributed by atoms with E-state index in [1.54, 1.807) is 0 Å². The maximum Gasteiger partial charge on any atom is 0.126 e. The zero-order valence-electron chi connectivity index (χ0n) is 11.0. The Morgan fingerprint density at radius 3 is 2.61 bits per heavy atom. The van der Waals surface area contributed by atoms with Crippen molar-refractivity contribution in [2.45, 2.75) is 20.3 Å². The van der Waals surface area contributed by atoms with E-state index >= 15 is 0 Å². The fourth-order valence-corrected chi connectivity index (χ4v) is 1.84. The zero-order chi connectivity index (χ0) is 13.8. The Morgan fingerprint density at radius 1 is 1.33 bits per heavy atom. The van der Waals surface area contributed by atoms with Crippen LogP contribution in [0, 0.1) is 28.4 Å². The van der Waals surface area contributed by atoms with Crippen LogP contribution in [0.15, 0.2) is 18.2 Å². The number of rotatable bonds is 5. The molecule has 0 fully saturated rings. The molecule has 0 saturated carbocycles. The Balaban J connectivity index is 2.55. The molecule has 4 heteroatoms. The largest absolute Gasteiger partial charge is 0.304 e. The highest BCUT2D eigenvalue weighted by Gasteiger charge is 2.19. The molecule has 18 heavy (non-hydrogen) atoms. The van der Waals surface area contributed by atoms with Crippen LogP contribution >= 0.6 is 0 Å². The lowest BCUT2D eigenvalue weighted by atomic mass is 9.95. The van der Waals surface area contributed by atoms with Crippen molar-refractivity contribution in [1.29, 1.82) is 5.26 Å². The van der Waals surface area contributed by atoms with E-state index in [4.69, 9.17) is 5.26 Å². The van der Waals surface area contributed by atoms with Gasteiger partial charge in [0.1, 0.15) is 11.6 Å². The van der Waals surface area contributed by atoms with Gasteiger partial charge in [0.2, 0.25) is 0 Å². The number of hydrogen-bond acceptors (Lipinski definition) is 2. The monoisotopic (exact) mass is 252 g/mol. The van der Waals surface area contributed by atoms with Gasteiger partial charge in [-0.1, -0.05) is 0 Å². The minimum atomic E-state index is -0.435. The summed E-state index contributed by atoms with van der Waals surface area (Å²) in [6.45, 7) is 4.89. The first-order valence-corrected chi connectivity index (χ1v) is 5.88. The first-order valence-electron chi connectivity index (χ1n) is 5.88. The lowest BCUT2D eigenvalue weighted by molar-refractivity contribution is 0.257. The molecular weight excluding hydrogens is 234 g/mol. The average Bonchev–Trinajstić information content (AvgIpc) is 2.30. The number of halogens is 2. The molecule has 0 heterocycles. The molecule has 0 aliphatic heterocycles. The first kappa shape index (κ1) is 14.6. The molecule has 0 aromatic heterocycles. The van der Waals surface area contributed by atoms with Gasteiger partial charge in [0.25, 0.3) is 0 Å². The molecule has 1 aromatic rings. The average molecular weight is 252 g/mol. The van der Waals surface area contributed by atoms with E-state index in [1.165, 1.54) is 6.07 Å². The normalized spacial score (nSPS) is 11.6. The van der Waals surface area contributed by atoms with Crippen LogP contribution in [-0.4, -0.2) is 25.0 Å². The van der Waals surface area contributed by atoms with E-state index in [2.05, 4.69) is 6.07 Å². The molecule has 0 N–H and O–H groups in total. The molecule has 0 spiro atoms. The van der Waals surface area contributed by atoms with Crippen LogP contribution in [0.4, 0.5) is 8.78 Å². The summed E-state index contributed by atoms with van der Waals surface area (Å²) in [5.41, 5.74) is -0.0634. The molecule has 0 atom stereocenters.